The Balaban J connectivity index is 0.00000484. The van der Waals surface area contributed by atoms with Gasteiger partial charge in [0.25, 0.3) is 0 Å². The molecule has 0 amide bonds. The summed E-state index contributed by atoms with van der Waals surface area (Å²) in [5.41, 5.74) is 0. The average Bonchev–Trinajstić information content (AvgIpc) is 3.04. The van der Waals surface area contributed by atoms with E-state index in [9.17, 15) is 0 Å². The monoisotopic (exact) mass is 435 g/mol. The highest BCUT2D eigenvalue weighted by atomic mass is 127. The van der Waals surface area contributed by atoms with Crippen molar-refractivity contribution in [2.75, 3.05) is 32.8 Å². The first-order valence-electron chi connectivity index (χ1n) is 8.10. The third-order valence-electron chi connectivity index (χ3n) is 3.02. The maximum absolute atomic E-state index is 5.53. The highest BCUT2D eigenvalue weighted by Crippen LogP contribution is 1.99. The number of furan rings is 1. The van der Waals surface area contributed by atoms with Gasteiger partial charge in [0.2, 0.25) is 0 Å². The van der Waals surface area contributed by atoms with E-state index in [1.54, 1.807) is 6.26 Å². The molecule has 0 aliphatic carbocycles. The molecule has 1 aromatic rings. The molecular weight excluding hydrogens is 405 g/mol. The normalized spacial score (nSPS) is 10.9. The smallest absolute Gasteiger partial charge is 0.191 e. The van der Waals surface area contributed by atoms with Crippen LogP contribution in [-0.4, -0.2) is 38.8 Å². The fourth-order valence-corrected chi connectivity index (χ4v) is 1.81. The molecule has 1 aromatic heterocycles. The third-order valence-corrected chi connectivity index (χ3v) is 3.02. The summed E-state index contributed by atoms with van der Waals surface area (Å²) in [6, 6.07) is 3.88. The molecule has 0 unspecified atom stereocenters. The Morgan fingerprint density at radius 2 is 2.17 bits per heavy atom. The van der Waals surface area contributed by atoms with E-state index >= 15 is 0 Å². The Hall–Kier alpha value is -1.02. The molecular formula is C17H30IN3O2. The molecule has 23 heavy (non-hydrogen) atoms. The van der Waals surface area contributed by atoms with Gasteiger partial charge >= 0.3 is 0 Å². The summed E-state index contributed by atoms with van der Waals surface area (Å²) in [6.07, 6.45) is 7.58. The van der Waals surface area contributed by atoms with E-state index in [2.05, 4.69) is 29.1 Å². The predicted octanol–water partition coefficient (Wildman–Crippen LogP) is 3.37. The van der Waals surface area contributed by atoms with Gasteiger partial charge in [0.1, 0.15) is 5.76 Å². The zero-order valence-corrected chi connectivity index (χ0v) is 16.4. The maximum atomic E-state index is 5.53. The molecule has 6 heteroatoms. The van der Waals surface area contributed by atoms with Crippen LogP contribution in [0.3, 0.4) is 0 Å². The van der Waals surface area contributed by atoms with Crippen molar-refractivity contribution in [1.82, 2.24) is 10.6 Å². The van der Waals surface area contributed by atoms with Crippen LogP contribution in [0, 0.1) is 0 Å². The minimum Gasteiger partial charge on any atom is -0.469 e. The van der Waals surface area contributed by atoms with Crippen molar-refractivity contribution in [3.63, 3.8) is 0 Å². The number of halogens is 1. The predicted molar refractivity (Wildman–Crippen MR) is 107 cm³/mol. The van der Waals surface area contributed by atoms with E-state index in [1.165, 1.54) is 6.42 Å². The van der Waals surface area contributed by atoms with Crippen molar-refractivity contribution in [3.8, 4) is 0 Å². The summed E-state index contributed by atoms with van der Waals surface area (Å²) in [5.74, 6) is 1.78. The molecule has 132 valence electrons. The number of unbranched alkanes of at least 4 members (excludes halogenated alkanes) is 1. The van der Waals surface area contributed by atoms with Crippen LogP contribution in [0.25, 0.3) is 0 Å². The molecule has 1 rings (SSSR count). The molecule has 2 N–H and O–H groups in total. The molecule has 0 fully saturated rings. The van der Waals surface area contributed by atoms with Gasteiger partial charge in [-0.15, -0.1) is 30.6 Å². The molecule has 0 atom stereocenters. The summed E-state index contributed by atoms with van der Waals surface area (Å²) >= 11 is 0. The first kappa shape index (κ1) is 22.0. The van der Waals surface area contributed by atoms with Crippen LogP contribution < -0.4 is 10.6 Å². The minimum atomic E-state index is 0. The number of rotatable bonds is 12. The minimum absolute atomic E-state index is 0. The SMILES string of the molecule is C=CCNC(=NCCCOCCCC)NCCc1ccco1.I. The summed E-state index contributed by atoms with van der Waals surface area (Å²) < 4.78 is 10.8. The number of aliphatic imine (C=N–C) groups is 1. The molecule has 0 saturated carbocycles. The van der Waals surface area contributed by atoms with Gasteiger partial charge in [0.15, 0.2) is 5.96 Å². The third kappa shape index (κ3) is 12.1. The van der Waals surface area contributed by atoms with Gasteiger partial charge < -0.3 is 19.8 Å². The van der Waals surface area contributed by atoms with Crippen molar-refractivity contribution < 1.29 is 9.15 Å². The van der Waals surface area contributed by atoms with Gasteiger partial charge in [-0.25, -0.2) is 0 Å². The molecule has 0 spiro atoms. The number of hydrogen-bond donors (Lipinski definition) is 2. The van der Waals surface area contributed by atoms with E-state index in [0.29, 0.717) is 6.54 Å². The lowest BCUT2D eigenvalue weighted by Crippen LogP contribution is -2.38. The lowest BCUT2D eigenvalue weighted by atomic mass is 10.3. The van der Waals surface area contributed by atoms with Crippen molar-refractivity contribution in [1.29, 1.82) is 0 Å². The van der Waals surface area contributed by atoms with Gasteiger partial charge in [-0.3, -0.25) is 4.99 Å². The van der Waals surface area contributed by atoms with Crippen molar-refractivity contribution in [2.24, 2.45) is 4.99 Å². The average molecular weight is 435 g/mol. The highest BCUT2D eigenvalue weighted by molar-refractivity contribution is 14.0. The quantitative estimate of drug-likeness (QED) is 0.174. The summed E-state index contributed by atoms with van der Waals surface area (Å²) in [7, 11) is 0. The fourth-order valence-electron chi connectivity index (χ4n) is 1.81. The van der Waals surface area contributed by atoms with Gasteiger partial charge in [0, 0.05) is 39.3 Å². The first-order valence-corrected chi connectivity index (χ1v) is 8.10. The van der Waals surface area contributed by atoms with E-state index in [4.69, 9.17) is 9.15 Å². The molecule has 0 aromatic carbocycles. The summed E-state index contributed by atoms with van der Waals surface area (Å²) in [4.78, 5) is 4.53. The number of ether oxygens (including phenoxy) is 1. The number of nitrogens with one attached hydrogen (secondary N) is 2. The number of hydrogen-bond acceptors (Lipinski definition) is 3. The molecule has 0 radical (unpaired) electrons. The van der Waals surface area contributed by atoms with Gasteiger partial charge in [-0.1, -0.05) is 19.4 Å². The topological polar surface area (TPSA) is 58.8 Å². The maximum Gasteiger partial charge on any atom is 0.191 e. The lowest BCUT2D eigenvalue weighted by molar-refractivity contribution is 0.130. The van der Waals surface area contributed by atoms with Gasteiger partial charge in [-0.05, 0) is 25.0 Å². The lowest BCUT2D eigenvalue weighted by Gasteiger charge is -2.11. The molecule has 0 aliphatic rings. The van der Waals surface area contributed by atoms with Crippen molar-refractivity contribution >= 4 is 29.9 Å². The van der Waals surface area contributed by atoms with E-state index in [-0.39, 0.29) is 24.0 Å². The molecule has 5 nitrogen and oxygen atoms in total. The molecule has 0 aliphatic heterocycles. The zero-order chi connectivity index (χ0) is 15.9. The fraction of sp³-hybridized carbons (Fsp3) is 0.588. The van der Waals surface area contributed by atoms with E-state index in [1.807, 2.05) is 18.2 Å². The summed E-state index contributed by atoms with van der Waals surface area (Å²) in [5, 5.41) is 6.50. The second-order valence-corrected chi connectivity index (χ2v) is 4.98. The highest BCUT2D eigenvalue weighted by Gasteiger charge is 1.99. The zero-order valence-electron chi connectivity index (χ0n) is 14.1. The van der Waals surface area contributed by atoms with Crippen LogP contribution in [-0.2, 0) is 11.2 Å². The standard InChI is InChI=1S/C17H29N3O2.HI/c1-3-5-13-21-14-7-11-19-17(18-10-4-2)20-12-9-16-8-6-15-22-16;/h4,6,8,15H,2-3,5,7,9-14H2,1H3,(H2,18,19,20);1H. The van der Waals surface area contributed by atoms with Crippen molar-refractivity contribution in [3.05, 3.63) is 36.8 Å². The largest absolute Gasteiger partial charge is 0.469 e. The van der Waals surface area contributed by atoms with Crippen LogP contribution in [0.15, 0.2) is 40.5 Å². The second-order valence-electron chi connectivity index (χ2n) is 4.98. The van der Waals surface area contributed by atoms with Gasteiger partial charge in [-0.2, -0.15) is 0 Å². The van der Waals surface area contributed by atoms with Crippen molar-refractivity contribution in [2.45, 2.75) is 32.6 Å². The van der Waals surface area contributed by atoms with Crippen LogP contribution in [0.2, 0.25) is 0 Å². The Morgan fingerprint density at radius 1 is 1.35 bits per heavy atom. The van der Waals surface area contributed by atoms with Crippen LogP contribution in [0.1, 0.15) is 31.9 Å². The Bertz CT molecular complexity index is 408. The van der Waals surface area contributed by atoms with Crippen LogP contribution >= 0.6 is 24.0 Å². The Morgan fingerprint density at radius 3 is 2.87 bits per heavy atom. The summed E-state index contributed by atoms with van der Waals surface area (Å²) in [6.45, 7) is 9.72. The molecule has 0 bridgehead atoms. The molecule has 0 saturated heterocycles. The number of nitrogens with zero attached hydrogens (tertiary/aromatic N) is 1. The van der Waals surface area contributed by atoms with E-state index in [0.717, 1.165) is 57.3 Å². The van der Waals surface area contributed by atoms with Gasteiger partial charge in [0.05, 0.1) is 6.26 Å². The first-order chi connectivity index (χ1) is 10.9. The second kappa shape index (κ2) is 15.9. The Kier molecular flexibility index (Phi) is 15.2. The van der Waals surface area contributed by atoms with Crippen LogP contribution in [0.4, 0.5) is 0 Å². The molecule has 1 heterocycles. The van der Waals surface area contributed by atoms with E-state index < -0.39 is 0 Å². The number of guanidine groups is 1. The van der Waals surface area contributed by atoms with Crippen LogP contribution in [0.5, 0.6) is 0 Å². The Labute approximate surface area is 157 Å².